The van der Waals surface area contributed by atoms with Crippen LogP contribution in [0.5, 0.6) is 5.75 Å². The van der Waals surface area contributed by atoms with E-state index in [1.807, 2.05) is 18.2 Å². The van der Waals surface area contributed by atoms with E-state index in [9.17, 15) is 0 Å². The Morgan fingerprint density at radius 2 is 1.40 bits per heavy atom. The zero-order chi connectivity index (χ0) is 10.5. The highest BCUT2D eigenvalue weighted by Crippen LogP contribution is 2.15. The number of hydrogen-bond acceptors (Lipinski definition) is 0. The molecule has 0 atom stereocenters. The SMILES string of the molecule is [CH2-][OH+]c1ccc(Cc2ccccc2)cc1. The van der Waals surface area contributed by atoms with E-state index < -0.39 is 0 Å². The summed E-state index contributed by atoms with van der Waals surface area (Å²) in [6.07, 6.45) is 0.970. The molecule has 1 N–H and O–H groups in total. The molecule has 0 spiro atoms. The second kappa shape index (κ2) is 4.65. The standard InChI is InChI=1S/C14H14O/c1-15-14-9-7-13(8-10-14)11-12-5-3-2-4-6-12/h2-10,15H,1,11H2. The molecule has 0 radical (unpaired) electrons. The van der Waals surface area contributed by atoms with E-state index in [2.05, 4.69) is 48.2 Å². The van der Waals surface area contributed by atoms with Gasteiger partial charge in [0.15, 0.2) is 0 Å². The van der Waals surface area contributed by atoms with Crippen LogP contribution in [0.25, 0.3) is 0 Å². The van der Waals surface area contributed by atoms with E-state index in [1.165, 1.54) is 11.1 Å². The minimum absolute atomic E-state index is 0.923. The van der Waals surface area contributed by atoms with E-state index in [1.54, 1.807) is 0 Å². The summed E-state index contributed by atoms with van der Waals surface area (Å²) in [5.74, 6) is 0.923. The quantitative estimate of drug-likeness (QED) is 0.530. The molecule has 0 aliphatic rings. The molecule has 2 rings (SSSR count). The number of rotatable bonds is 3. The number of aliphatic hydroxyl groups is 1. The monoisotopic (exact) mass is 198 g/mol. The summed E-state index contributed by atoms with van der Waals surface area (Å²) < 4.78 is 3.87. The van der Waals surface area contributed by atoms with Gasteiger partial charge in [-0.05, 0) is 36.8 Å². The van der Waals surface area contributed by atoms with Crippen LogP contribution in [-0.2, 0) is 6.42 Å². The predicted molar refractivity (Wildman–Crippen MR) is 62.7 cm³/mol. The Hall–Kier alpha value is -1.76. The van der Waals surface area contributed by atoms with Crippen molar-refractivity contribution < 1.29 is 4.74 Å². The van der Waals surface area contributed by atoms with E-state index in [-0.39, 0.29) is 0 Å². The van der Waals surface area contributed by atoms with Crippen LogP contribution in [0, 0.1) is 7.11 Å². The Bertz CT molecular complexity index is 403. The summed E-state index contributed by atoms with van der Waals surface area (Å²) in [6, 6.07) is 18.6. The van der Waals surface area contributed by atoms with Gasteiger partial charge in [0, 0.05) is 12.1 Å². The first-order chi connectivity index (χ1) is 7.38. The molecule has 1 heteroatoms. The lowest BCUT2D eigenvalue weighted by atomic mass is 10.1. The zero-order valence-electron chi connectivity index (χ0n) is 8.56. The Kier molecular flexibility index (Phi) is 3.03. The number of benzene rings is 2. The van der Waals surface area contributed by atoms with Crippen LogP contribution in [0.2, 0.25) is 0 Å². The molecule has 0 saturated heterocycles. The molecule has 0 fully saturated rings. The fourth-order valence-corrected chi connectivity index (χ4v) is 1.55. The molecule has 0 aromatic heterocycles. The number of aromatic hydroxyl groups is 1. The number of ether oxygens (including phenoxy) is 1. The molecular formula is C14H14O. The summed E-state index contributed by atoms with van der Waals surface area (Å²) in [6.45, 7) is 0. The van der Waals surface area contributed by atoms with E-state index >= 15 is 0 Å². The molecule has 76 valence electrons. The summed E-state index contributed by atoms with van der Waals surface area (Å²) in [4.78, 5) is 0. The lowest BCUT2D eigenvalue weighted by Crippen LogP contribution is -1.87. The van der Waals surface area contributed by atoms with E-state index in [4.69, 9.17) is 0 Å². The van der Waals surface area contributed by atoms with Crippen LogP contribution in [0.4, 0.5) is 0 Å². The predicted octanol–water partition coefficient (Wildman–Crippen LogP) is 3.31. The molecular weight excluding hydrogens is 184 g/mol. The summed E-state index contributed by atoms with van der Waals surface area (Å²) in [5, 5.41) is 0. The highest BCUT2D eigenvalue weighted by Gasteiger charge is 1.97. The molecule has 0 saturated carbocycles. The van der Waals surface area contributed by atoms with Crippen LogP contribution in [0.3, 0.4) is 0 Å². The molecule has 1 nitrogen and oxygen atoms in total. The molecule has 0 aliphatic heterocycles. The van der Waals surface area contributed by atoms with Gasteiger partial charge in [-0.1, -0.05) is 30.3 Å². The maximum absolute atomic E-state index is 3.87. The van der Waals surface area contributed by atoms with Gasteiger partial charge in [0.2, 0.25) is 5.75 Å². The van der Waals surface area contributed by atoms with Crippen molar-refractivity contribution >= 4 is 0 Å². The first kappa shape index (κ1) is 9.78. The molecule has 2 aromatic carbocycles. The average Bonchev–Trinajstić information content (AvgIpc) is 2.31. The third-order valence-corrected chi connectivity index (χ3v) is 2.37. The first-order valence-electron chi connectivity index (χ1n) is 4.98. The lowest BCUT2D eigenvalue weighted by Gasteiger charge is -2.04. The van der Waals surface area contributed by atoms with Crippen molar-refractivity contribution in [3.63, 3.8) is 0 Å². The van der Waals surface area contributed by atoms with Gasteiger partial charge in [-0.25, -0.2) is 0 Å². The Morgan fingerprint density at radius 3 is 2.00 bits per heavy atom. The van der Waals surface area contributed by atoms with Gasteiger partial charge in [0.05, 0.1) is 0 Å². The second-order valence-corrected chi connectivity index (χ2v) is 3.49. The molecule has 0 bridgehead atoms. The maximum atomic E-state index is 3.87. The molecule has 0 unspecified atom stereocenters. The molecule has 0 amide bonds. The fraction of sp³-hybridized carbons (Fsp3) is 0.0714. The van der Waals surface area contributed by atoms with Crippen LogP contribution >= 0.6 is 0 Å². The first-order valence-corrected chi connectivity index (χ1v) is 4.98. The van der Waals surface area contributed by atoms with E-state index in [0.717, 1.165) is 12.2 Å². The third kappa shape index (κ3) is 2.59. The summed E-state index contributed by atoms with van der Waals surface area (Å²) >= 11 is 0. The summed E-state index contributed by atoms with van der Waals surface area (Å²) in [7, 11) is 3.49. The zero-order valence-corrected chi connectivity index (χ0v) is 8.56. The Balaban J connectivity index is 2.11. The van der Waals surface area contributed by atoms with Crippen molar-refractivity contribution in [2.24, 2.45) is 0 Å². The maximum Gasteiger partial charge on any atom is 0.225 e. The van der Waals surface area contributed by atoms with Crippen LogP contribution in [0.15, 0.2) is 54.6 Å². The normalized spacial score (nSPS) is 9.93. The van der Waals surface area contributed by atoms with Gasteiger partial charge in [-0.15, -0.1) is 0 Å². The Labute approximate surface area is 90.3 Å². The smallest absolute Gasteiger partial charge is 0.225 e. The van der Waals surface area contributed by atoms with Crippen LogP contribution in [0.1, 0.15) is 11.1 Å². The van der Waals surface area contributed by atoms with Crippen molar-refractivity contribution in [3.05, 3.63) is 72.8 Å². The molecule has 15 heavy (non-hydrogen) atoms. The molecule has 2 aromatic rings. The fourth-order valence-electron chi connectivity index (χ4n) is 1.55. The van der Waals surface area contributed by atoms with Crippen molar-refractivity contribution in [1.82, 2.24) is 0 Å². The van der Waals surface area contributed by atoms with Gasteiger partial charge in [-0.3, -0.25) is 0 Å². The van der Waals surface area contributed by atoms with Crippen LogP contribution < -0.4 is 0 Å². The Morgan fingerprint density at radius 1 is 0.800 bits per heavy atom. The number of hydrogen-bond donors (Lipinski definition) is 0. The van der Waals surface area contributed by atoms with Crippen LogP contribution in [-0.4, -0.2) is 4.74 Å². The van der Waals surface area contributed by atoms with Crippen molar-refractivity contribution in [2.45, 2.75) is 6.42 Å². The van der Waals surface area contributed by atoms with Crippen molar-refractivity contribution in [2.75, 3.05) is 0 Å². The lowest BCUT2D eigenvalue weighted by molar-refractivity contribution is 0.186. The second-order valence-electron chi connectivity index (χ2n) is 3.49. The van der Waals surface area contributed by atoms with Gasteiger partial charge >= 0.3 is 0 Å². The van der Waals surface area contributed by atoms with Gasteiger partial charge < -0.3 is 4.74 Å². The highest BCUT2D eigenvalue weighted by atomic mass is 16.5. The average molecular weight is 198 g/mol. The third-order valence-electron chi connectivity index (χ3n) is 2.37. The summed E-state index contributed by atoms with van der Waals surface area (Å²) in [5.41, 5.74) is 2.63. The minimum atomic E-state index is 0.923. The van der Waals surface area contributed by atoms with Crippen molar-refractivity contribution in [3.8, 4) is 5.75 Å². The largest absolute Gasteiger partial charge is 0.722 e. The minimum Gasteiger partial charge on any atom is -0.722 e. The van der Waals surface area contributed by atoms with Crippen molar-refractivity contribution in [1.29, 1.82) is 0 Å². The van der Waals surface area contributed by atoms with Gasteiger partial charge in [0.1, 0.15) is 0 Å². The topological polar surface area (TPSA) is 12.8 Å². The van der Waals surface area contributed by atoms with E-state index in [0.29, 0.717) is 0 Å². The highest BCUT2D eigenvalue weighted by molar-refractivity contribution is 5.30. The van der Waals surface area contributed by atoms with Gasteiger partial charge in [-0.2, -0.15) is 0 Å². The van der Waals surface area contributed by atoms with Gasteiger partial charge in [0.25, 0.3) is 0 Å². The molecule has 0 aliphatic carbocycles. The molecule has 0 heterocycles.